The number of hydrogen-bond acceptors (Lipinski definition) is 7. The molecule has 1 heterocycles. The summed E-state index contributed by atoms with van der Waals surface area (Å²) in [5, 5.41) is 2.59. The fourth-order valence-electron chi connectivity index (χ4n) is 3.69. The maximum atomic E-state index is 13.4. The van der Waals surface area contributed by atoms with E-state index in [4.69, 9.17) is 33.3 Å². The van der Waals surface area contributed by atoms with Gasteiger partial charge in [-0.1, -0.05) is 74.2 Å². The molecule has 0 aromatic heterocycles. The molecule has 2 rings (SSSR count). The van der Waals surface area contributed by atoms with E-state index in [1.807, 2.05) is 30.3 Å². The van der Waals surface area contributed by atoms with Crippen LogP contribution in [0.3, 0.4) is 0 Å². The minimum atomic E-state index is -0.942. The van der Waals surface area contributed by atoms with Crippen LogP contribution in [-0.4, -0.2) is 62.6 Å². The van der Waals surface area contributed by atoms with Crippen LogP contribution in [0.15, 0.2) is 42.5 Å². The number of thioether (sulfide) groups is 1. The van der Waals surface area contributed by atoms with E-state index in [0.717, 1.165) is 5.56 Å². The minimum absolute atomic E-state index is 0.0756. The first kappa shape index (κ1) is 31.1. The highest BCUT2D eigenvalue weighted by Gasteiger charge is 2.36. The summed E-state index contributed by atoms with van der Waals surface area (Å²) in [6.45, 7) is 8.81. The van der Waals surface area contributed by atoms with Crippen molar-refractivity contribution in [1.82, 2.24) is 10.2 Å². The van der Waals surface area contributed by atoms with Crippen LogP contribution >= 0.6 is 35.6 Å². The summed E-state index contributed by atoms with van der Waals surface area (Å²) in [5.74, 6) is -0.0208. The standard InChI is InChI=1S/C27H37ClN2O5S2/c1-18(2)23(29-25(33)35-27(3,4)5)24(32)34-21(13-9-10-14-28)16-22(31)30-20(17-37-26(30)36)15-19-11-7-6-8-12-19/h6-9,11-13,18,20-21,23H,10,14-17H2,1-5H3,(H,29,33)/b13-9+/t20-,21-,23+/m1/s1. The first-order valence-corrected chi connectivity index (χ1v) is 14.3. The fraction of sp³-hybridized carbons (Fsp3) is 0.556. The maximum Gasteiger partial charge on any atom is 0.408 e. The minimum Gasteiger partial charge on any atom is -0.456 e. The van der Waals surface area contributed by atoms with Crippen molar-refractivity contribution in [3.63, 3.8) is 0 Å². The summed E-state index contributed by atoms with van der Waals surface area (Å²) < 4.78 is 11.5. The highest BCUT2D eigenvalue weighted by atomic mass is 35.5. The van der Waals surface area contributed by atoms with Crippen LogP contribution < -0.4 is 5.32 Å². The summed E-state index contributed by atoms with van der Waals surface area (Å²) in [5.41, 5.74) is 0.408. The molecule has 1 N–H and O–H groups in total. The Bertz CT molecular complexity index is 965. The number of benzene rings is 1. The van der Waals surface area contributed by atoms with Gasteiger partial charge >= 0.3 is 12.1 Å². The quantitative estimate of drug-likeness (QED) is 0.163. The van der Waals surface area contributed by atoms with E-state index in [0.29, 0.717) is 28.8 Å². The maximum absolute atomic E-state index is 13.4. The number of thiocarbonyl (C=S) groups is 1. The largest absolute Gasteiger partial charge is 0.456 e. The average molecular weight is 569 g/mol. The molecule has 3 atom stereocenters. The van der Waals surface area contributed by atoms with Crippen molar-refractivity contribution in [2.45, 2.75) is 77.7 Å². The Morgan fingerprint density at radius 3 is 2.51 bits per heavy atom. The molecular weight excluding hydrogens is 532 g/mol. The third kappa shape index (κ3) is 10.7. The number of carbonyl (C=O) groups is 3. The summed E-state index contributed by atoms with van der Waals surface area (Å²) >= 11 is 12.8. The summed E-state index contributed by atoms with van der Waals surface area (Å²) in [4.78, 5) is 40.4. The molecule has 2 amide bonds. The van der Waals surface area contributed by atoms with Crippen LogP contribution in [-0.2, 0) is 25.5 Å². The molecule has 0 radical (unpaired) electrons. The number of halogens is 1. The van der Waals surface area contributed by atoms with Gasteiger partial charge in [0.25, 0.3) is 0 Å². The number of alkyl carbamates (subject to hydrolysis) is 1. The van der Waals surface area contributed by atoms with Crippen LogP contribution in [0.5, 0.6) is 0 Å². The third-order valence-electron chi connectivity index (χ3n) is 5.41. The smallest absolute Gasteiger partial charge is 0.408 e. The van der Waals surface area contributed by atoms with E-state index < -0.39 is 29.8 Å². The molecule has 1 aromatic carbocycles. The van der Waals surface area contributed by atoms with E-state index in [1.54, 1.807) is 51.7 Å². The molecule has 0 spiro atoms. The number of rotatable bonds is 11. The third-order valence-corrected chi connectivity index (χ3v) is 7.17. The summed E-state index contributed by atoms with van der Waals surface area (Å²) in [7, 11) is 0. The zero-order valence-electron chi connectivity index (χ0n) is 22.1. The molecule has 0 saturated carbocycles. The van der Waals surface area contributed by atoms with Crippen molar-refractivity contribution in [1.29, 1.82) is 0 Å². The molecular formula is C27H37ClN2O5S2. The molecule has 1 aromatic rings. The Hall–Kier alpha value is -2.10. The molecule has 1 fully saturated rings. The molecule has 1 saturated heterocycles. The van der Waals surface area contributed by atoms with Gasteiger partial charge in [-0.25, -0.2) is 9.59 Å². The Morgan fingerprint density at radius 2 is 1.92 bits per heavy atom. The average Bonchev–Trinajstić information content (AvgIpc) is 3.16. The van der Waals surface area contributed by atoms with Gasteiger partial charge in [0, 0.05) is 11.6 Å². The highest BCUT2D eigenvalue weighted by molar-refractivity contribution is 8.23. The Morgan fingerprint density at radius 1 is 1.24 bits per heavy atom. The topological polar surface area (TPSA) is 84.9 Å². The fourth-order valence-corrected chi connectivity index (χ4v) is 5.26. The number of carbonyl (C=O) groups excluding carboxylic acids is 3. The highest BCUT2D eigenvalue weighted by Crippen LogP contribution is 2.28. The van der Waals surface area contributed by atoms with Crippen LogP contribution in [0.1, 0.15) is 53.0 Å². The summed E-state index contributed by atoms with van der Waals surface area (Å²) in [6.07, 6.45) is 3.06. The summed E-state index contributed by atoms with van der Waals surface area (Å²) in [6, 6.07) is 8.92. The first-order valence-electron chi connectivity index (χ1n) is 12.4. The van der Waals surface area contributed by atoms with Crippen LogP contribution in [0.25, 0.3) is 0 Å². The molecule has 1 aliphatic rings. The van der Waals surface area contributed by atoms with Crippen molar-refractivity contribution in [3.8, 4) is 0 Å². The van der Waals surface area contributed by atoms with Crippen molar-refractivity contribution in [3.05, 3.63) is 48.0 Å². The molecule has 1 aliphatic heterocycles. The molecule has 0 unspecified atom stereocenters. The second-order valence-corrected chi connectivity index (χ2v) is 12.2. The number of alkyl halides is 1. The van der Waals surface area contributed by atoms with Gasteiger partial charge in [0.15, 0.2) is 0 Å². The van der Waals surface area contributed by atoms with Gasteiger partial charge in [-0.3, -0.25) is 9.69 Å². The van der Waals surface area contributed by atoms with Crippen molar-refractivity contribution in [2.24, 2.45) is 5.92 Å². The van der Waals surface area contributed by atoms with E-state index in [2.05, 4.69) is 5.32 Å². The monoisotopic (exact) mass is 568 g/mol. The van der Waals surface area contributed by atoms with Crippen molar-refractivity contribution < 1.29 is 23.9 Å². The van der Waals surface area contributed by atoms with Crippen LogP contribution in [0, 0.1) is 5.92 Å². The van der Waals surface area contributed by atoms with Gasteiger partial charge in [0.1, 0.15) is 22.1 Å². The van der Waals surface area contributed by atoms with E-state index in [1.165, 1.54) is 11.8 Å². The number of hydrogen-bond donors (Lipinski definition) is 1. The van der Waals surface area contributed by atoms with Crippen molar-refractivity contribution >= 4 is 57.9 Å². The lowest BCUT2D eigenvalue weighted by molar-refractivity contribution is -0.152. The lowest BCUT2D eigenvalue weighted by Gasteiger charge is -2.27. The van der Waals surface area contributed by atoms with Gasteiger partial charge in [0.2, 0.25) is 5.91 Å². The van der Waals surface area contributed by atoms with Crippen LogP contribution in [0.4, 0.5) is 4.79 Å². The number of esters is 1. The SMILES string of the molecule is CC(C)[C@H](NC(=O)OC(C)(C)C)C(=O)O[C@H](/C=C/CCCl)CC(=O)N1C(=S)SC[C@H]1Cc1ccccc1. The lowest BCUT2D eigenvalue weighted by Crippen LogP contribution is -2.48. The van der Waals surface area contributed by atoms with E-state index >= 15 is 0 Å². The predicted molar refractivity (Wildman–Crippen MR) is 153 cm³/mol. The Kier molecular flexibility index (Phi) is 12.4. The number of nitrogens with zero attached hydrogens (tertiary/aromatic N) is 1. The van der Waals surface area contributed by atoms with Gasteiger partial charge in [0.05, 0.1) is 12.5 Å². The van der Waals surface area contributed by atoms with E-state index in [-0.39, 0.29) is 24.3 Å². The van der Waals surface area contributed by atoms with E-state index in [9.17, 15) is 14.4 Å². The molecule has 7 nitrogen and oxygen atoms in total. The zero-order valence-corrected chi connectivity index (χ0v) is 24.5. The molecule has 37 heavy (non-hydrogen) atoms. The molecule has 0 aliphatic carbocycles. The molecule has 0 bridgehead atoms. The number of allylic oxidation sites excluding steroid dienone is 1. The first-order chi connectivity index (χ1) is 17.4. The number of ether oxygens (including phenoxy) is 2. The number of nitrogens with one attached hydrogen (secondary N) is 1. The van der Waals surface area contributed by atoms with Gasteiger partial charge in [-0.05, 0) is 51.2 Å². The Balaban J connectivity index is 2.13. The Labute approximate surface area is 234 Å². The number of amides is 2. The van der Waals surface area contributed by atoms with Crippen molar-refractivity contribution in [2.75, 3.05) is 11.6 Å². The van der Waals surface area contributed by atoms with Gasteiger partial charge < -0.3 is 14.8 Å². The lowest BCUT2D eigenvalue weighted by atomic mass is 10.0. The second-order valence-electron chi connectivity index (χ2n) is 10.1. The second kappa shape index (κ2) is 14.7. The van der Waals surface area contributed by atoms with Crippen LogP contribution in [0.2, 0.25) is 0 Å². The van der Waals surface area contributed by atoms with Gasteiger partial charge in [-0.2, -0.15) is 0 Å². The molecule has 204 valence electrons. The van der Waals surface area contributed by atoms with Gasteiger partial charge in [-0.15, -0.1) is 11.6 Å². The zero-order chi connectivity index (χ0) is 27.6. The predicted octanol–water partition coefficient (Wildman–Crippen LogP) is 5.49. The molecule has 10 heteroatoms. The normalized spacial score (nSPS) is 17.6.